The van der Waals surface area contributed by atoms with E-state index in [1.54, 1.807) is 0 Å². The zero-order valence-electron chi connectivity index (χ0n) is 26.1. The van der Waals surface area contributed by atoms with Crippen molar-refractivity contribution in [1.82, 2.24) is 19.5 Å². The van der Waals surface area contributed by atoms with Crippen molar-refractivity contribution in [2.75, 3.05) is 60.9 Å². The van der Waals surface area contributed by atoms with E-state index in [0.717, 1.165) is 42.6 Å². The number of fused-ring (bicyclic) bond motifs is 1. The Balaban J connectivity index is 1.08. The van der Waals surface area contributed by atoms with Crippen LogP contribution >= 0.6 is 62.0 Å². The molecule has 2 N–H and O–H groups in total. The van der Waals surface area contributed by atoms with E-state index in [-0.39, 0.29) is 12.0 Å². The molecule has 2 atom stereocenters. The maximum Gasteiger partial charge on any atom is 0.223 e. The van der Waals surface area contributed by atoms with Crippen molar-refractivity contribution >= 4 is 79.2 Å². The Kier molecular flexibility index (Phi) is 14.8. The number of benzene rings is 2. The summed E-state index contributed by atoms with van der Waals surface area (Å²) < 4.78 is 13.9. The Morgan fingerprint density at radius 2 is 1.39 bits per heavy atom. The predicted octanol–water partition coefficient (Wildman–Crippen LogP) is 8.78. The van der Waals surface area contributed by atoms with E-state index in [2.05, 4.69) is 86.9 Å². The van der Waals surface area contributed by atoms with Gasteiger partial charge in [0.15, 0.2) is 10.8 Å². The van der Waals surface area contributed by atoms with Crippen LogP contribution in [0, 0.1) is 0 Å². The number of ether oxygens (including phenoxy) is 2. The maximum absolute atomic E-state index is 6.32. The molecule has 13 heteroatoms. The van der Waals surface area contributed by atoms with Gasteiger partial charge in [-0.25, -0.2) is 4.98 Å². The van der Waals surface area contributed by atoms with E-state index in [1.165, 1.54) is 23.5 Å². The largest absolute Gasteiger partial charge is 0.376 e. The smallest absolute Gasteiger partial charge is 0.223 e. The zero-order chi connectivity index (χ0) is 32.0. The van der Waals surface area contributed by atoms with E-state index in [0.29, 0.717) is 35.2 Å². The summed E-state index contributed by atoms with van der Waals surface area (Å²) in [6, 6.07) is 20.9. The lowest BCUT2D eigenvalue weighted by atomic mass is 10.2. The second kappa shape index (κ2) is 18.9. The van der Waals surface area contributed by atoms with Crippen LogP contribution in [0.3, 0.4) is 0 Å². The van der Waals surface area contributed by atoms with Gasteiger partial charge in [0.25, 0.3) is 0 Å². The number of nitrogens with two attached hydrogens (primary N) is 1. The fraction of sp³-hybridized carbons (Fsp3) is 0.424. The van der Waals surface area contributed by atoms with Gasteiger partial charge in [-0.15, -0.1) is 0 Å². The van der Waals surface area contributed by atoms with Gasteiger partial charge in [-0.05, 0) is 17.2 Å². The molecule has 2 aromatic heterocycles. The summed E-state index contributed by atoms with van der Waals surface area (Å²) in [6.07, 6.45) is 10.2. The summed E-state index contributed by atoms with van der Waals surface area (Å²) in [5.41, 5.74) is 10.2. The number of hydrogen-bond donors (Lipinski definition) is 1. The van der Waals surface area contributed by atoms with E-state index in [4.69, 9.17) is 26.8 Å². The molecule has 0 bridgehead atoms. The fourth-order valence-corrected chi connectivity index (χ4v) is 15.6. The van der Waals surface area contributed by atoms with Crippen molar-refractivity contribution < 1.29 is 9.47 Å². The third-order valence-electron chi connectivity index (χ3n) is 7.98. The minimum atomic E-state index is -1.27. The summed E-state index contributed by atoms with van der Waals surface area (Å²) in [7, 11) is 6.57. The molecule has 4 aromatic rings. The summed E-state index contributed by atoms with van der Waals surface area (Å²) in [4.78, 5) is 13.0. The van der Waals surface area contributed by atoms with Crippen molar-refractivity contribution in [1.29, 1.82) is 0 Å². The molecule has 46 heavy (non-hydrogen) atoms. The van der Waals surface area contributed by atoms with Gasteiger partial charge in [0.1, 0.15) is 5.52 Å². The Hall–Kier alpha value is -1.43. The average molecular weight is 735 g/mol. The number of imidazole rings is 1. The predicted molar refractivity (Wildman–Crippen MR) is 206 cm³/mol. The minimum Gasteiger partial charge on any atom is -0.376 e. The molecule has 0 saturated heterocycles. The molecule has 2 heterocycles. The lowest BCUT2D eigenvalue weighted by Crippen LogP contribution is -2.19. The van der Waals surface area contributed by atoms with Crippen LogP contribution in [0.5, 0.6) is 0 Å². The van der Waals surface area contributed by atoms with Gasteiger partial charge in [0.2, 0.25) is 5.95 Å². The number of nitrogen functional groups attached to an aromatic ring is 1. The van der Waals surface area contributed by atoms with Gasteiger partial charge >= 0.3 is 0 Å². The molecule has 5 rings (SSSR count). The number of aromatic nitrogens is 4. The first-order chi connectivity index (χ1) is 22.5. The van der Waals surface area contributed by atoms with Crippen molar-refractivity contribution in [3.8, 4) is 0 Å². The highest BCUT2D eigenvalue weighted by Gasteiger charge is 2.42. The molecule has 7 nitrogen and oxygen atoms in total. The first-order valence-electron chi connectivity index (χ1n) is 15.4. The van der Waals surface area contributed by atoms with Crippen molar-refractivity contribution in [2.24, 2.45) is 0 Å². The van der Waals surface area contributed by atoms with Crippen LogP contribution in [-0.4, -0.2) is 80.4 Å². The fourth-order valence-electron chi connectivity index (χ4n) is 5.36. The third kappa shape index (κ3) is 10.8. The molecule has 0 saturated carbocycles. The maximum atomic E-state index is 6.32. The SMILES string of the molecule is C[P+](CCSSCCOCc1ccccc1)(CCSSCCOCc1ccccc1)[C@@H]1C=C[C@H](n2cnc3c(Cl)nc(N)nc32)C1. The minimum absolute atomic E-state index is 0.176. The summed E-state index contributed by atoms with van der Waals surface area (Å²) in [5, 5.41) is 0.303. The van der Waals surface area contributed by atoms with E-state index in [9.17, 15) is 0 Å². The van der Waals surface area contributed by atoms with Crippen LogP contribution in [0.15, 0.2) is 79.1 Å². The normalized spacial score (nSPS) is 16.5. The molecular weight excluding hydrogens is 693 g/mol. The van der Waals surface area contributed by atoms with E-state index in [1.807, 2.05) is 61.6 Å². The van der Waals surface area contributed by atoms with Crippen LogP contribution in [0.2, 0.25) is 5.15 Å². The molecular formula is C33H42ClN5O2PS4+. The highest BCUT2D eigenvalue weighted by Crippen LogP contribution is 2.64. The molecule has 0 fully saturated rings. The summed E-state index contributed by atoms with van der Waals surface area (Å²) in [5.74, 6) is 4.48. The number of anilines is 1. The summed E-state index contributed by atoms with van der Waals surface area (Å²) in [6.45, 7) is 5.47. The van der Waals surface area contributed by atoms with Gasteiger partial charge in [-0.2, -0.15) is 9.97 Å². The molecule has 0 spiro atoms. The lowest BCUT2D eigenvalue weighted by Gasteiger charge is -2.29. The Morgan fingerprint density at radius 1 is 0.826 bits per heavy atom. The molecule has 246 valence electrons. The van der Waals surface area contributed by atoms with E-state index >= 15 is 0 Å². The van der Waals surface area contributed by atoms with Gasteiger partial charge in [-0.1, -0.05) is 122 Å². The van der Waals surface area contributed by atoms with Gasteiger partial charge in [-0.3, -0.25) is 0 Å². The number of hydrogen-bond acceptors (Lipinski definition) is 10. The molecule has 2 aromatic carbocycles. The number of halogens is 1. The van der Waals surface area contributed by atoms with Gasteiger partial charge < -0.3 is 19.8 Å². The molecule has 1 aliphatic rings. The molecule has 0 radical (unpaired) electrons. The average Bonchev–Trinajstić information content (AvgIpc) is 3.73. The molecule has 0 aliphatic heterocycles. The van der Waals surface area contributed by atoms with Crippen LogP contribution in [0.4, 0.5) is 5.95 Å². The molecule has 0 amide bonds. The second-order valence-electron chi connectivity index (χ2n) is 11.2. The van der Waals surface area contributed by atoms with Crippen LogP contribution in [-0.2, 0) is 22.7 Å². The van der Waals surface area contributed by atoms with Crippen LogP contribution in [0.1, 0.15) is 23.6 Å². The third-order valence-corrected chi connectivity index (χ3v) is 18.1. The monoisotopic (exact) mass is 734 g/mol. The van der Waals surface area contributed by atoms with Crippen molar-refractivity contribution in [3.05, 3.63) is 95.4 Å². The zero-order valence-corrected chi connectivity index (χ0v) is 31.0. The Morgan fingerprint density at radius 3 is 1.98 bits per heavy atom. The van der Waals surface area contributed by atoms with Crippen LogP contribution in [0.25, 0.3) is 11.2 Å². The van der Waals surface area contributed by atoms with E-state index < -0.39 is 7.26 Å². The second-order valence-corrected chi connectivity index (χ2v) is 21.5. The topological polar surface area (TPSA) is 88.1 Å². The number of nitrogens with zero attached hydrogens (tertiary/aromatic N) is 4. The molecule has 0 unspecified atom stereocenters. The number of rotatable bonds is 20. The summed E-state index contributed by atoms with van der Waals surface area (Å²) >= 11 is 6.32. The van der Waals surface area contributed by atoms with Gasteiger partial charge in [0, 0.05) is 43.4 Å². The quantitative estimate of drug-likeness (QED) is 0.0313. The molecule has 1 aliphatic carbocycles. The van der Waals surface area contributed by atoms with Crippen molar-refractivity contribution in [3.63, 3.8) is 0 Å². The Bertz CT molecular complexity index is 1460. The Labute approximate surface area is 294 Å². The first kappa shape index (κ1) is 35.9. The van der Waals surface area contributed by atoms with Gasteiger partial charge in [0.05, 0.1) is 56.8 Å². The van der Waals surface area contributed by atoms with Crippen LogP contribution < -0.4 is 5.73 Å². The number of allylic oxidation sites excluding steroid dienone is 2. The van der Waals surface area contributed by atoms with Crippen molar-refractivity contribution in [2.45, 2.75) is 31.3 Å². The first-order valence-corrected chi connectivity index (χ1v) is 23.4. The highest BCUT2D eigenvalue weighted by molar-refractivity contribution is 8.77. The standard InChI is InChI=1S/C33H42ClN5O2PS4/c1-42(16-20-45-43-18-14-40-23-26-8-4-2-5-9-26,17-21-46-44-19-15-41-24-27-10-6-3-7-11-27)29-13-12-28(22-29)39-25-36-30-31(34)37-33(35)38-32(30)39/h2-13,25,28-29H,14-24H2,1H3,(H2,35,37,38)/q+1/t28-,29+/m0/s1. The highest BCUT2D eigenvalue weighted by atomic mass is 35.5. The lowest BCUT2D eigenvalue weighted by molar-refractivity contribution is 0.136.